The van der Waals surface area contributed by atoms with Gasteiger partial charge in [0.25, 0.3) is 5.24 Å². The number of nitrogens with one attached hydrogen (secondary N) is 2. The molecule has 2 amide bonds. The molecule has 0 aromatic carbocycles. The molecule has 1 heterocycles. The number of rotatable bonds is 5. The molecule has 0 saturated carbocycles. The van der Waals surface area contributed by atoms with Crippen LogP contribution in [0.15, 0.2) is 0 Å². The first-order valence-electron chi connectivity index (χ1n) is 4.87. The van der Waals surface area contributed by atoms with E-state index in [0.717, 1.165) is 11.8 Å². The van der Waals surface area contributed by atoms with E-state index in [1.165, 1.54) is 11.8 Å². The number of carbonyl (C=O) groups is 2. The average molecular weight is 264 g/mol. The summed E-state index contributed by atoms with van der Waals surface area (Å²) in [5, 5.41) is 14.8. The van der Waals surface area contributed by atoms with E-state index in [4.69, 9.17) is 0 Å². The number of thioether (sulfide) groups is 2. The first-order chi connectivity index (χ1) is 7.44. The fourth-order valence-corrected chi connectivity index (χ4v) is 2.79. The average Bonchev–Trinajstić information content (AvgIpc) is 2.61. The van der Waals surface area contributed by atoms with Crippen molar-refractivity contribution in [1.29, 1.82) is 0 Å². The van der Waals surface area contributed by atoms with Crippen molar-refractivity contribution in [1.82, 2.24) is 10.6 Å². The summed E-state index contributed by atoms with van der Waals surface area (Å²) in [4.78, 5) is 22.5. The van der Waals surface area contributed by atoms with Gasteiger partial charge in [-0.05, 0) is 13.2 Å². The van der Waals surface area contributed by atoms with E-state index in [1.807, 2.05) is 6.26 Å². The highest BCUT2D eigenvalue weighted by Gasteiger charge is 2.29. The molecule has 1 saturated heterocycles. The van der Waals surface area contributed by atoms with Crippen LogP contribution in [0.5, 0.6) is 0 Å². The second-order valence-corrected chi connectivity index (χ2v) is 5.80. The molecule has 0 aliphatic carbocycles. The minimum Gasteiger partial charge on any atom is -0.387 e. The van der Waals surface area contributed by atoms with E-state index in [1.54, 1.807) is 6.92 Å². The SMILES string of the molecule is CSCC(C)(O)CNC(=O)C1CSC(=O)N1. The molecule has 7 heteroatoms. The van der Waals surface area contributed by atoms with Crippen molar-refractivity contribution in [2.24, 2.45) is 0 Å². The molecule has 0 radical (unpaired) electrons. The van der Waals surface area contributed by atoms with E-state index in [0.29, 0.717) is 11.5 Å². The normalized spacial score (nSPS) is 23.7. The molecule has 2 atom stereocenters. The number of amides is 2. The predicted molar refractivity (Wildman–Crippen MR) is 66.8 cm³/mol. The third-order valence-corrected chi connectivity index (χ3v) is 3.88. The summed E-state index contributed by atoms with van der Waals surface area (Å²) < 4.78 is 0. The maximum atomic E-state index is 11.6. The van der Waals surface area contributed by atoms with Crippen LogP contribution in [0.1, 0.15) is 6.92 Å². The number of aliphatic hydroxyl groups is 1. The van der Waals surface area contributed by atoms with Gasteiger partial charge in [-0.3, -0.25) is 9.59 Å². The molecule has 0 aromatic rings. The van der Waals surface area contributed by atoms with Gasteiger partial charge in [0, 0.05) is 18.1 Å². The summed E-state index contributed by atoms with van der Waals surface area (Å²) in [6.45, 7) is 1.87. The Hall–Kier alpha value is -0.400. The van der Waals surface area contributed by atoms with Crippen LogP contribution in [-0.4, -0.2) is 52.2 Å². The zero-order valence-electron chi connectivity index (χ0n) is 9.28. The molecular formula is C9H16N2O3S2. The fourth-order valence-electron chi connectivity index (χ4n) is 1.29. The highest BCUT2D eigenvalue weighted by Crippen LogP contribution is 2.13. The van der Waals surface area contributed by atoms with Crippen molar-refractivity contribution in [2.75, 3.05) is 24.3 Å². The molecule has 0 bridgehead atoms. The van der Waals surface area contributed by atoms with Crippen LogP contribution < -0.4 is 10.6 Å². The van der Waals surface area contributed by atoms with Crippen molar-refractivity contribution in [3.05, 3.63) is 0 Å². The quantitative estimate of drug-likeness (QED) is 0.653. The number of hydrogen-bond acceptors (Lipinski definition) is 5. The van der Waals surface area contributed by atoms with Gasteiger partial charge >= 0.3 is 0 Å². The third-order valence-electron chi connectivity index (χ3n) is 2.09. The van der Waals surface area contributed by atoms with Crippen LogP contribution >= 0.6 is 23.5 Å². The molecule has 16 heavy (non-hydrogen) atoms. The Balaban J connectivity index is 2.32. The van der Waals surface area contributed by atoms with E-state index in [-0.39, 0.29) is 17.7 Å². The van der Waals surface area contributed by atoms with Gasteiger partial charge in [-0.25, -0.2) is 0 Å². The Morgan fingerprint density at radius 2 is 2.50 bits per heavy atom. The van der Waals surface area contributed by atoms with Gasteiger partial charge in [0.15, 0.2) is 0 Å². The van der Waals surface area contributed by atoms with Crippen molar-refractivity contribution in [3.63, 3.8) is 0 Å². The standard InChI is InChI=1S/C9H16N2O3S2/c1-9(14,5-15-2)4-10-7(12)6-3-16-8(13)11-6/h6,14H,3-5H2,1-2H3,(H,10,12)(H,11,13). The maximum absolute atomic E-state index is 11.6. The zero-order valence-corrected chi connectivity index (χ0v) is 10.9. The van der Waals surface area contributed by atoms with E-state index in [2.05, 4.69) is 10.6 Å². The Bertz CT molecular complexity index is 284. The van der Waals surface area contributed by atoms with Gasteiger partial charge in [0.1, 0.15) is 6.04 Å². The van der Waals surface area contributed by atoms with Gasteiger partial charge in [0.2, 0.25) is 5.91 Å². The molecule has 1 fully saturated rings. The molecule has 1 rings (SSSR count). The largest absolute Gasteiger partial charge is 0.387 e. The van der Waals surface area contributed by atoms with Crippen LogP contribution in [0.4, 0.5) is 4.79 Å². The lowest BCUT2D eigenvalue weighted by Gasteiger charge is -2.23. The van der Waals surface area contributed by atoms with E-state index in [9.17, 15) is 14.7 Å². The molecule has 1 aliphatic rings. The van der Waals surface area contributed by atoms with Crippen molar-refractivity contribution >= 4 is 34.7 Å². The van der Waals surface area contributed by atoms with Crippen LogP contribution in [-0.2, 0) is 4.79 Å². The Labute approximate surface area is 103 Å². The molecular weight excluding hydrogens is 248 g/mol. The summed E-state index contributed by atoms with van der Waals surface area (Å²) in [7, 11) is 0. The van der Waals surface area contributed by atoms with Gasteiger partial charge in [-0.15, -0.1) is 0 Å². The van der Waals surface area contributed by atoms with Crippen LogP contribution in [0.3, 0.4) is 0 Å². The van der Waals surface area contributed by atoms with Gasteiger partial charge in [-0.2, -0.15) is 11.8 Å². The Morgan fingerprint density at radius 3 is 3.00 bits per heavy atom. The first kappa shape index (κ1) is 13.7. The second kappa shape index (κ2) is 5.79. The summed E-state index contributed by atoms with van der Waals surface area (Å²) in [5.74, 6) is 0.772. The summed E-state index contributed by atoms with van der Waals surface area (Å²) in [6.07, 6.45) is 1.89. The minimum atomic E-state index is -0.912. The fraction of sp³-hybridized carbons (Fsp3) is 0.778. The zero-order chi connectivity index (χ0) is 12.2. The molecule has 1 aliphatic heterocycles. The molecule has 2 unspecified atom stereocenters. The third kappa shape index (κ3) is 4.23. The summed E-state index contributed by atoms with van der Waals surface area (Å²) in [5.41, 5.74) is -0.912. The Kier molecular flexibility index (Phi) is 4.94. The minimum absolute atomic E-state index is 0.170. The summed E-state index contributed by atoms with van der Waals surface area (Å²) >= 11 is 2.62. The smallest absolute Gasteiger partial charge is 0.279 e. The molecule has 0 aromatic heterocycles. The van der Waals surface area contributed by atoms with E-state index >= 15 is 0 Å². The molecule has 3 N–H and O–H groups in total. The first-order valence-corrected chi connectivity index (χ1v) is 7.25. The highest BCUT2D eigenvalue weighted by atomic mass is 32.2. The second-order valence-electron chi connectivity index (χ2n) is 3.94. The highest BCUT2D eigenvalue weighted by molar-refractivity contribution is 8.14. The van der Waals surface area contributed by atoms with Crippen LogP contribution in [0, 0.1) is 0 Å². The van der Waals surface area contributed by atoms with Crippen molar-refractivity contribution in [3.8, 4) is 0 Å². The predicted octanol–water partition coefficient (Wildman–Crippen LogP) is 0.0416. The molecule has 0 spiro atoms. The van der Waals surface area contributed by atoms with Gasteiger partial charge in [-0.1, -0.05) is 11.8 Å². The van der Waals surface area contributed by atoms with Gasteiger partial charge < -0.3 is 15.7 Å². The monoisotopic (exact) mass is 264 g/mol. The summed E-state index contributed by atoms with van der Waals surface area (Å²) in [6, 6.07) is -0.470. The lowest BCUT2D eigenvalue weighted by molar-refractivity contribution is -0.123. The van der Waals surface area contributed by atoms with Crippen LogP contribution in [0.25, 0.3) is 0 Å². The van der Waals surface area contributed by atoms with Crippen LogP contribution in [0.2, 0.25) is 0 Å². The van der Waals surface area contributed by atoms with Gasteiger partial charge in [0.05, 0.1) is 5.60 Å². The lowest BCUT2D eigenvalue weighted by Crippen LogP contribution is -2.49. The number of hydrogen-bond donors (Lipinski definition) is 3. The van der Waals surface area contributed by atoms with Crippen molar-refractivity contribution in [2.45, 2.75) is 18.6 Å². The van der Waals surface area contributed by atoms with E-state index < -0.39 is 11.6 Å². The molecule has 5 nitrogen and oxygen atoms in total. The number of carbonyl (C=O) groups excluding carboxylic acids is 2. The molecule has 92 valence electrons. The maximum Gasteiger partial charge on any atom is 0.279 e. The Morgan fingerprint density at radius 1 is 1.81 bits per heavy atom. The topological polar surface area (TPSA) is 78.4 Å². The van der Waals surface area contributed by atoms with Crippen molar-refractivity contribution < 1.29 is 14.7 Å². The lowest BCUT2D eigenvalue weighted by atomic mass is 10.1.